The summed E-state index contributed by atoms with van der Waals surface area (Å²) in [6, 6.07) is 6.51. The molecule has 0 radical (unpaired) electrons. The Morgan fingerprint density at radius 3 is 2.94 bits per heavy atom. The highest BCUT2D eigenvalue weighted by atomic mass is 16.5. The van der Waals surface area contributed by atoms with E-state index in [1.165, 1.54) is 36.8 Å². The van der Waals surface area contributed by atoms with Gasteiger partial charge in [-0.3, -0.25) is 0 Å². The Morgan fingerprint density at radius 2 is 2.11 bits per heavy atom. The van der Waals surface area contributed by atoms with Gasteiger partial charge < -0.3 is 9.84 Å². The van der Waals surface area contributed by atoms with E-state index in [1.54, 1.807) is 0 Å². The van der Waals surface area contributed by atoms with E-state index in [1.807, 2.05) is 0 Å². The van der Waals surface area contributed by atoms with E-state index in [-0.39, 0.29) is 6.10 Å². The van der Waals surface area contributed by atoms with Crippen molar-refractivity contribution in [2.75, 3.05) is 6.61 Å². The molecule has 2 heteroatoms. The van der Waals surface area contributed by atoms with Crippen molar-refractivity contribution in [3.8, 4) is 0 Å². The summed E-state index contributed by atoms with van der Waals surface area (Å²) in [6.07, 6.45) is 7.88. The highest BCUT2D eigenvalue weighted by molar-refractivity contribution is 5.36. The van der Waals surface area contributed by atoms with Crippen LogP contribution in [0.15, 0.2) is 18.2 Å². The fraction of sp³-hybridized carbons (Fsp3) is 0.625. The number of aliphatic hydroxyl groups is 1. The zero-order valence-corrected chi connectivity index (χ0v) is 10.9. The topological polar surface area (TPSA) is 29.5 Å². The van der Waals surface area contributed by atoms with Gasteiger partial charge in [0.1, 0.15) is 0 Å². The van der Waals surface area contributed by atoms with E-state index in [4.69, 9.17) is 4.74 Å². The molecule has 2 atom stereocenters. The van der Waals surface area contributed by atoms with Crippen LogP contribution < -0.4 is 0 Å². The van der Waals surface area contributed by atoms with Gasteiger partial charge in [0.05, 0.1) is 12.2 Å². The predicted molar refractivity (Wildman–Crippen MR) is 71.6 cm³/mol. The Morgan fingerprint density at radius 1 is 1.22 bits per heavy atom. The summed E-state index contributed by atoms with van der Waals surface area (Å²) in [5.74, 6) is 0. The molecule has 1 aliphatic carbocycles. The lowest BCUT2D eigenvalue weighted by atomic mass is 9.98. The van der Waals surface area contributed by atoms with Crippen molar-refractivity contribution in [1.82, 2.24) is 0 Å². The largest absolute Gasteiger partial charge is 0.388 e. The first kappa shape index (κ1) is 12.2. The summed E-state index contributed by atoms with van der Waals surface area (Å²) in [4.78, 5) is 0. The van der Waals surface area contributed by atoms with E-state index in [0.717, 1.165) is 31.4 Å². The first-order valence-electron chi connectivity index (χ1n) is 7.24. The summed E-state index contributed by atoms with van der Waals surface area (Å²) in [6.45, 7) is 0.902. The SMILES string of the molecule is OC(CCC1CCCO1)c1ccc2c(c1)CCC2. The normalized spacial score (nSPS) is 24.2. The molecule has 1 heterocycles. The van der Waals surface area contributed by atoms with Crippen LogP contribution in [-0.4, -0.2) is 17.8 Å². The molecular weight excluding hydrogens is 224 g/mol. The molecule has 98 valence electrons. The average Bonchev–Trinajstić information content (AvgIpc) is 3.05. The van der Waals surface area contributed by atoms with Crippen LogP contribution in [0.2, 0.25) is 0 Å². The molecule has 0 aromatic heterocycles. The number of rotatable bonds is 4. The van der Waals surface area contributed by atoms with Crippen molar-refractivity contribution >= 4 is 0 Å². The molecular formula is C16H22O2. The highest BCUT2D eigenvalue weighted by Crippen LogP contribution is 2.28. The second-order valence-electron chi connectivity index (χ2n) is 5.61. The lowest BCUT2D eigenvalue weighted by molar-refractivity contribution is 0.0812. The van der Waals surface area contributed by atoms with Crippen LogP contribution in [0.3, 0.4) is 0 Å². The molecule has 3 rings (SSSR count). The maximum atomic E-state index is 10.3. The number of hydrogen-bond donors (Lipinski definition) is 1. The second kappa shape index (κ2) is 5.41. The van der Waals surface area contributed by atoms with Crippen molar-refractivity contribution in [3.05, 3.63) is 34.9 Å². The maximum Gasteiger partial charge on any atom is 0.0791 e. The fourth-order valence-corrected chi connectivity index (χ4v) is 3.18. The second-order valence-corrected chi connectivity index (χ2v) is 5.61. The van der Waals surface area contributed by atoms with Gasteiger partial charge in [0.2, 0.25) is 0 Å². The predicted octanol–water partition coefficient (Wildman–Crippen LogP) is 3.17. The van der Waals surface area contributed by atoms with Crippen LogP contribution in [0.1, 0.15) is 54.9 Å². The first-order valence-corrected chi connectivity index (χ1v) is 7.24. The molecule has 0 bridgehead atoms. The van der Waals surface area contributed by atoms with Gasteiger partial charge >= 0.3 is 0 Å². The van der Waals surface area contributed by atoms with E-state index < -0.39 is 0 Å². The minimum absolute atomic E-state index is 0.319. The van der Waals surface area contributed by atoms with Gasteiger partial charge in [-0.05, 0) is 61.6 Å². The summed E-state index contributed by atoms with van der Waals surface area (Å²) in [7, 11) is 0. The van der Waals surface area contributed by atoms with Gasteiger partial charge in [0.25, 0.3) is 0 Å². The summed E-state index contributed by atoms with van der Waals surface area (Å²) in [5.41, 5.74) is 4.02. The third-order valence-corrected chi connectivity index (χ3v) is 4.29. The monoisotopic (exact) mass is 246 g/mol. The lowest BCUT2D eigenvalue weighted by Crippen LogP contribution is -2.08. The minimum Gasteiger partial charge on any atom is -0.388 e. The Hall–Kier alpha value is -0.860. The van der Waals surface area contributed by atoms with Crippen molar-refractivity contribution in [2.24, 2.45) is 0 Å². The van der Waals surface area contributed by atoms with E-state index in [2.05, 4.69) is 18.2 Å². The van der Waals surface area contributed by atoms with Crippen LogP contribution in [0.4, 0.5) is 0 Å². The minimum atomic E-state index is -0.319. The number of aliphatic hydroxyl groups excluding tert-OH is 1. The zero-order valence-electron chi connectivity index (χ0n) is 10.9. The third-order valence-electron chi connectivity index (χ3n) is 4.29. The molecule has 2 aliphatic rings. The van der Waals surface area contributed by atoms with Crippen molar-refractivity contribution in [1.29, 1.82) is 0 Å². The van der Waals surface area contributed by atoms with Gasteiger partial charge in [-0.1, -0.05) is 18.2 Å². The molecule has 1 aromatic rings. The number of ether oxygens (including phenoxy) is 1. The molecule has 1 aromatic carbocycles. The summed E-state index contributed by atoms with van der Waals surface area (Å²) >= 11 is 0. The Balaban J connectivity index is 1.59. The van der Waals surface area contributed by atoms with Gasteiger partial charge in [-0.15, -0.1) is 0 Å². The van der Waals surface area contributed by atoms with Gasteiger partial charge in [-0.2, -0.15) is 0 Å². The Bertz CT molecular complexity index is 408. The van der Waals surface area contributed by atoms with E-state index in [9.17, 15) is 5.11 Å². The van der Waals surface area contributed by atoms with Crippen molar-refractivity contribution < 1.29 is 9.84 Å². The Labute approximate surface area is 109 Å². The number of hydrogen-bond acceptors (Lipinski definition) is 2. The van der Waals surface area contributed by atoms with Gasteiger partial charge in [0.15, 0.2) is 0 Å². The molecule has 2 nitrogen and oxygen atoms in total. The molecule has 1 N–H and O–H groups in total. The zero-order chi connectivity index (χ0) is 12.4. The van der Waals surface area contributed by atoms with Crippen LogP contribution in [0.5, 0.6) is 0 Å². The molecule has 2 unspecified atom stereocenters. The highest BCUT2D eigenvalue weighted by Gasteiger charge is 2.19. The van der Waals surface area contributed by atoms with Crippen molar-refractivity contribution in [2.45, 2.75) is 57.2 Å². The maximum absolute atomic E-state index is 10.3. The van der Waals surface area contributed by atoms with Crippen LogP contribution >= 0.6 is 0 Å². The number of aryl methyl sites for hydroxylation is 2. The number of fused-ring (bicyclic) bond motifs is 1. The average molecular weight is 246 g/mol. The van der Waals surface area contributed by atoms with Crippen molar-refractivity contribution in [3.63, 3.8) is 0 Å². The smallest absolute Gasteiger partial charge is 0.0791 e. The first-order chi connectivity index (χ1) is 8.83. The van der Waals surface area contributed by atoms with E-state index >= 15 is 0 Å². The van der Waals surface area contributed by atoms with Gasteiger partial charge in [0, 0.05) is 6.61 Å². The molecule has 1 saturated heterocycles. The lowest BCUT2D eigenvalue weighted by Gasteiger charge is -2.15. The summed E-state index contributed by atoms with van der Waals surface area (Å²) < 4.78 is 5.60. The molecule has 0 amide bonds. The van der Waals surface area contributed by atoms with Gasteiger partial charge in [-0.25, -0.2) is 0 Å². The molecule has 18 heavy (non-hydrogen) atoms. The van der Waals surface area contributed by atoms with Crippen LogP contribution in [0, 0.1) is 0 Å². The van der Waals surface area contributed by atoms with E-state index in [0.29, 0.717) is 6.10 Å². The summed E-state index contributed by atoms with van der Waals surface area (Å²) in [5, 5.41) is 10.3. The fourth-order valence-electron chi connectivity index (χ4n) is 3.18. The molecule has 1 aliphatic heterocycles. The standard InChI is InChI=1S/C16H22O2/c17-16(9-8-15-5-2-10-18-15)14-7-6-12-3-1-4-13(12)11-14/h6-7,11,15-17H,1-5,8-10H2. The molecule has 0 saturated carbocycles. The molecule has 0 spiro atoms. The van der Waals surface area contributed by atoms with Crippen LogP contribution in [-0.2, 0) is 17.6 Å². The molecule has 1 fully saturated rings. The van der Waals surface area contributed by atoms with Crippen LogP contribution in [0.25, 0.3) is 0 Å². The number of benzene rings is 1. The Kier molecular flexibility index (Phi) is 3.67. The third kappa shape index (κ3) is 2.60. The quantitative estimate of drug-likeness (QED) is 0.884.